The minimum atomic E-state index is 0.204. The molecule has 0 spiro atoms. The first kappa shape index (κ1) is 16.2. The van der Waals surface area contributed by atoms with Gasteiger partial charge in [0.05, 0.1) is 0 Å². The van der Waals surface area contributed by atoms with E-state index in [-0.39, 0.29) is 6.23 Å². The number of ether oxygens (including phenoxy) is 2. The van der Waals surface area contributed by atoms with Gasteiger partial charge in [-0.3, -0.25) is 4.90 Å². The highest BCUT2D eigenvalue weighted by Crippen LogP contribution is 2.25. The summed E-state index contributed by atoms with van der Waals surface area (Å²) < 4.78 is 11.9. The molecule has 0 aliphatic carbocycles. The number of halogens is 1. The lowest BCUT2D eigenvalue weighted by Crippen LogP contribution is -2.33. The van der Waals surface area contributed by atoms with E-state index in [4.69, 9.17) is 21.1 Å². The SMILES string of the molecule is CCN1CCCC1Oc1ccc(OCc2ccccc2Cl)cc1. The molecule has 1 heterocycles. The summed E-state index contributed by atoms with van der Waals surface area (Å²) in [5.41, 5.74) is 0.985. The van der Waals surface area contributed by atoms with Crippen molar-refractivity contribution >= 4 is 11.6 Å². The van der Waals surface area contributed by atoms with Crippen LogP contribution in [0.25, 0.3) is 0 Å². The van der Waals surface area contributed by atoms with Gasteiger partial charge >= 0.3 is 0 Å². The molecule has 1 saturated heterocycles. The van der Waals surface area contributed by atoms with Gasteiger partial charge in [-0.2, -0.15) is 0 Å². The first-order valence-electron chi connectivity index (χ1n) is 8.13. The van der Waals surface area contributed by atoms with Crippen LogP contribution in [0, 0.1) is 0 Å². The van der Waals surface area contributed by atoms with Crippen molar-refractivity contribution in [3.05, 3.63) is 59.1 Å². The highest BCUT2D eigenvalue weighted by Gasteiger charge is 2.24. The number of hydrogen-bond donors (Lipinski definition) is 0. The molecule has 0 saturated carbocycles. The lowest BCUT2D eigenvalue weighted by molar-refractivity contribution is 0.0649. The molecule has 3 rings (SSSR count). The van der Waals surface area contributed by atoms with Gasteiger partial charge in [-0.05, 0) is 49.7 Å². The highest BCUT2D eigenvalue weighted by atomic mass is 35.5. The van der Waals surface area contributed by atoms with E-state index in [2.05, 4.69) is 11.8 Å². The lowest BCUT2D eigenvalue weighted by Gasteiger charge is -2.23. The molecule has 2 aromatic rings. The monoisotopic (exact) mass is 331 g/mol. The van der Waals surface area contributed by atoms with Gasteiger partial charge in [0.25, 0.3) is 0 Å². The van der Waals surface area contributed by atoms with Gasteiger partial charge in [-0.1, -0.05) is 36.7 Å². The minimum absolute atomic E-state index is 0.204. The normalized spacial score (nSPS) is 18.1. The van der Waals surface area contributed by atoms with Gasteiger partial charge in [0.2, 0.25) is 0 Å². The van der Waals surface area contributed by atoms with Crippen molar-refractivity contribution in [3.63, 3.8) is 0 Å². The smallest absolute Gasteiger partial charge is 0.152 e. The Morgan fingerprint density at radius 3 is 2.57 bits per heavy atom. The van der Waals surface area contributed by atoms with Crippen LogP contribution < -0.4 is 9.47 Å². The summed E-state index contributed by atoms with van der Waals surface area (Å²) in [4.78, 5) is 2.36. The average molecular weight is 332 g/mol. The quantitative estimate of drug-likeness (QED) is 0.763. The van der Waals surface area contributed by atoms with Crippen molar-refractivity contribution in [1.82, 2.24) is 4.90 Å². The zero-order valence-corrected chi connectivity index (χ0v) is 14.1. The number of benzene rings is 2. The van der Waals surface area contributed by atoms with Crippen LogP contribution in [0.1, 0.15) is 25.3 Å². The van der Waals surface area contributed by atoms with E-state index in [1.807, 2.05) is 48.5 Å². The number of hydrogen-bond acceptors (Lipinski definition) is 3. The molecule has 23 heavy (non-hydrogen) atoms. The van der Waals surface area contributed by atoms with E-state index >= 15 is 0 Å². The second-order valence-corrected chi connectivity index (χ2v) is 6.10. The molecule has 0 radical (unpaired) electrons. The Balaban J connectivity index is 1.56. The van der Waals surface area contributed by atoms with Crippen LogP contribution in [0.5, 0.6) is 11.5 Å². The zero-order chi connectivity index (χ0) is 16.1. The molecule has 0 aromatic heterocycles. The molecule has 0 bridgehead atoms. The molecule has 4 heteroatoms. The van der Waals surface area contributed by atoms with Gasteiger partial charge in [0.1, 0.15) is 18.1 Å². The van der Waals surface area contributed by atoms with Crippen LogP contribution in [0.4, 0.5) is 0 Å². The molecule has 1 aliphatic heterocycles. The first-order chi connectivity index (χ1) is 11.3. The van der Waals surface area contributed by atoms with E-state index in [1.54, 1.807) is 0 Å². The lowest BCUT2D eigenvalue weighted by atomic mass is 10.2. The summed E-state index contributed by atoms with van der Waals surface area (Å²) in [7, 11) is 0. The molecule has 0 N–H and O–H groups in total. The van der Waals surface area contributed by atoms with Gasteiger partial charge in [0.15, 0.2) is 6.23 Å². The molecule has 3 nitrogen and oxygen atoms in total. The minimum Gasteiger partial charge on any atom is -0.489 e. The molecule has 1 unspecified atom stereocenters. The van der Waals surface area contributed by atoms with E-state index in [1.165, 1.54) is 6.42 Å². The second-order valence-electron chi connectivity index (χ2n) is 5.69. The van der Waals surface area contributed by atoms with Crippen LogP contribution in [0.3, 0.4) is 0 Å². The number of likely N-dealkylation sites (tertiary alicyclic amines) is 1. The van der Waals surface area contributed by atoms with Crippen molar-refractivity contribution < 1.29 is 9.47 Å². The Kier molecular flexibility index (Phi) is 5.42. The fourth-order valence-electron chi connectivity index (χ4n) is 2.84. The van der Waals surface area contributed by atoms with Crippen LogP contribution >= 0.6 is 11.6 Å². The van der Waals surface area contributed by atoms with Crippen LogP contribution in [-0.2, 0) is 6.61 Å². The largest absolute Gasteiger partial charge is 0.489 e. The van der Waals surface area contributed by atoms with E-state index in [0.29, 0.717) is 6.61 Å². The maximum atomic E-state index is 6.13. The number of rotatable bonds is 6. The predicted molar refractivity (Wildman–Crippen MR) is 93.1 cm³/mol. The van der Waals surface area contributed by atoms with Crippen molar-refractivity contribution in [2.45, 2.75) is 32.6 Å². The fraction of sp³-hybridized carbons (Fsp3) is 0.368. The Labute approximate surface area is 142 Å². The molecular weight excluding hydrogens is 310 g/mol. The third-order valence-electron chi connectivity index (χ3n) is 4.16. The average Bonchev–Trinajstić information content (AvgIpc) is 3.02. The summed E-state index contributed by atoms with van der Waals surface area (Å²) in [5, 5.41) is 0.730. The third-order valence-corrected chi connectivity index (χ3v) is 4.53. The maximum Gasteiger partial charge on any atom is 0.152 e. The highest BCUT2D eigenvalue weighted by molar-refractivity contribution is 6.31. The summed E-state index contributed by atoms with van der Waals surface area (Å²) in [6, 6.07) is 15.5. The standard InChI is InChI=1S/C19H22ClNO2/c1-2-21-13-5-8-19(21)23-17-11-9-16(10-12-17)22-14-15-6-3-4-7-18(15)20/h3-4,6-7,9-12,19H,2,5,8,13-14H2,1H3. The van der Waals surface area contributed by atoms with E-state index in [9.17, 15) is 0 Å². The fourth-order valence-corrected chi connectivity index (χ4v) is 3.03. The molecule has 1 atom stereocenters. The Bertz CT molecular complexity index is 630. The Hall–Kier alpha value is -1.71. The predicted octanol–water partition coefficient (Wildman–Crippen LogP) is 4.74. The van der Waals surface area contributed by atoms with Gasteiger partial charge in [-0.15, -0.1) is 0 Å². The van der Waals surface area contributed by atoms with Gasteiger partial charge < -0.3 is 9.47 Å². The molecule has 1 fully saturated rings. The van der Waals surface area contributed by atoms with Crippen molar-refractivity contribution in [2.24, 2.45) is 0 Å². The molecular formula is C19H22ClNO2. The topological polar surface area (TPSA) is 21.7 Å². The van der Waals surface area contributed by atoms with Crippen molar-refractivity contribution in [3.8, 4) is 11.5 Å². The zero-order valence-electron chi connectivity index (χ0n) is 13.4. The molecule has 122 valence electrons. The van der Waals surface area contributed by atoms with Crippen LogP contribution in [0.2, 0.25) is 5.02 Å². The Morgan fingerprint density at radius 1 is 1.09 bits per heavy atom. The Morgan fingerprint density at radius 2 is 1.83 bits per heavy atom. The van der Waals surface area contributed by atoms with Crippen molar-refractivity contribution in [2.75, 3.05) is 13.1 Å². The maximum absolute atomic E-state index is 6.13. The first-order valence-corrected chi connectivity index (χ1v) is 8.51. The molecule has 0 amide bonds. The van der Waals surface area contributed by atoms with Crippen LogP contribution in [-0.4, -0.2) is 24.2 Å². The van der Waals surface area contributed by atoms with Crippen LogP contribution in [0.15, 0.2) is 48.5 Å². The summed E-state index contributed by atoms with van der Waals surface area (Å²) in [5.74, 6) is 1.71. The summed E-state index contributed by atoms with van der Waals surface area (Å²) in [6.45, 7) is 4.79. The third kappa shape index (κ3) is 4.18. The van der Waals surface area contributed by atoms with Crippen molar-refractivity contribution in [1.29, 1.82) is 0 Å². The van der Waals surface area contributed by atoms with E-state index < -0.39 is 0 Å². The number of nitrogens with zero attached hydrogens (tertiary/aromatic N) is 1. The van der Waals surface area contributed by atoms with Gasteiger partial charge in [-0.25, -0.2) is 0 Å². The second kappa shape index (κ2) is 7.71. The van der Waals surface area contributed by atoms with Gasteiger partial charge in [0, 0.05) is 17.1 Å². The summed E-state index contributed by atoms with van der Waals surface area (Å²) >= 11 is 6.13. The molecule has 2 aromatic carbocycles. The molecule has 1 aliphatic rings. The summed E-state index contributed by atoms with van der Waals surface area (Å²) in [6.07, 6.45) is 2.51. The van der Waals surface area contributed by atoms with E-state index in [0.717, 1.165) is 41.6 Å².